The number of hydrogen-bond donors (Lipinski definition) is 2. The number of aromatic nitrogens is 2. The molecule has 0 atom stereocenters. The summed E-state index contributed by atoms with van der Waals surface area (Å²) in [5.41, 5.74) is 5.29. The van der Waals surface area contributed by atoms with Gasteiger partial charge in [0.1, 0.15) is 0 Å². The first-order chi connectivity index (χ1) is 11.6. The number of nitrogens with zero attached hydrogens (tertiary/aromatic N) is 3. The molecule has 1 aromatic heterocycles. The molecule has 2 N–H and O–H groups in total. The van der Waals surface area contributed by atoms with Gasteiger partial charge in [-0.1, -0.05) is 29.3 Å². The number of aryl methyl sites for hydroxylation is 4. The van der Waals surface area contributed by atoms with Crippen LogP contribution in [0.2, 0.25) is 0 Å². The van der Waals surface area contributed by atoms with Crippen LogP contribution in [0.15, 0.2) is 35.6 Å². The predicted octanol–water partition coefficient (Wildman–Crippen LogP) is 3.00. The van der Waals surface area contributed by atoms with Crippen LogP contribution >= 0.6 is 24.0 Å². The van der Waals surface area contributed by atoms with Gasteiger partial charge in [0, 0.05) is 33.4 Å². The molecule has 0 unspecified atom stereocenters. The molecule has 1 heterocycles. The van der Waals surface area contributed by atoms with E-state index >= 15 is 0 Å². The van der Waals surface area contributed by atoms with Crippen molar-refractivity contribution in [1.29, 1.82) is 0 Å². The van der Waals surface area contributed by atoms with E-state index in [1.54, 1.807) is 0 Å². The Labute approximate surface area is 168 Å². The van der Waals surface area contributed by atoms with Gasteiger partial charge < -0.3 is 10.6 Å². The summed E-state index contributed by atoms with van der Waals surface area (Å²) in [6, 6.07) is 6.71. The van der Waals surface area contributed by atoms with Crippen LogP contribution in [0.25, 0.3) is 0 Å². The summed E-state index contributed by atoms with van der Waals surface area (Å²) in [7, 11) is 3.76. The largest absolute Gasteiger partial charge is 0.356 e. The molecule has 2 aromatic rings. The molecule has 0 fully saturated rings. The van der Waals surface area contributed by atoms with Gasteiger partial charge in [-0.2, -0.15) is 5.10 Å². The fourth-order valence-corrected chi connectivity index (χ4v) is 2.86. The fraction of sp³-hybridized carbons (Fsp3) is 0.474. The highest BCUT2D eigenvalue weighted by Crippen LogP contribution is 2.08. The van der Waals surface area contributed by atoms with Crippen LogP contribution in [-0.2, 0) is 19.9 Å². The number of halogens is 1. The maximum Gasteiger partial charge on any atom is 0.190 e. The maximum absolute atomic E-state index is 4.28. The molecule has 0 saturated carbocycles. The Morgan fingerprint density at radius 2 is 1.72 bits per heavy atom. The highest BCUT2D eigenvalue weighted by atomic mass is 127. The van der Waals surface area contributed by atoms with Gasteiger partial charge >= 0.3 is 0 Å². The van der Waals surface area contributed by atoms with Crippen molar-refractivity contribution in [2.75, 3.05) is 20.1 Å². The lowest BCUT2D eigenvalue weighted by Crippen LogP contribution is -2.38. The predicted molar refractivity (Wildman–Crippen MR) is 116 cm³/mol. The smallest absolute Gasteiger partial charge is 0.190 e. The van der Waals surface area contributed by atoms with E-state index in [1.165, 1.54) is 22.3 Å². The molecule has 6 heteroatoms. The molecular weight excluding hydrogens is 425 g/mol. The Hall–Kier alpha value is -1.57. The van der Waals surface area contributed by atoms with Crippen LogP contribution in [0.3, 0.4) is 0 Å². The zero-order valence-corrected chi connectivity index (χ0v) is 18.0. The lowest BCUT2D eigenvalue weighted by Gasteiger charge is -2.12. The van der Waals surface area contributed by atoms with Crippen molar-refractivity contribution in [3.8, 4) is 0 Å². The third-order valence-corrected chi connectivity index (χ3v) is 3.90. The van der Waals surface area contributed by atoms with Crippen LogP contribution in [0.1, 0.15) is 28.7 Å². The second-order valence-corrected chi connectivity index (χ2v) is 6.30. The van der Waals surface area contributed by atoms with E-state index < -0.39 is 0 Å². The highest BCUT2D eigenvalue weighted by Gasteiger charge is 2.00. The van der Waals surface area contributed by atoms with Crippen LogP contribution in [0, 0.1) is 13.8 Å². The van der Waals surface area contributed by atoms with Crippen molar-refractivity contribution in [1.82, 2.24) is 20.4 Å². The minimum atomic E-state index is 0. The van der Waals surface area contributed by atoms with E-state index in [4.69, 9.17) is 0 Å². The standard InChI is InChI=1S/C19H29N5.HI/c1-15-10-16(2)12-17(11-15)7-9-22-19(20-3)21-8-5-6-18-13-23-24(4)14-18;/h10-14H,5-9H2,1-4H3,(H2,20,21,22);1H. The summed E-state index contributed by atoms with van der Waals surface area (Å²) in [6.07, 6.45) is 7.08. The Morgan fingerprint density at radius 1 is 1.04 bits per heavy atom. The van der Waals surface area contributed by atoms with Crippen molar-refractivity contribution in [3.05, 3.63) is 52.8 Å². The van der Waals surface area contributed by atoms with Crippen LogP contribution < -0.4 is 10.6 Å². The van der Waals surface area contributed by atoms with Gasteiger partial charge in [0.25, 0.3) is 0 Å². The number of guanidine groups is 1. The molecule has 0 amide bonds. The van der Waals surface area contributed by atoms with Crippen LogP contribution in [0.5, 0.6) is 0 Å². The average molecular weight is 455 g/mol. The third-order valence-electron chi connectivity index (χ3n) is 3.90. The van der Waals surface area contributed by atoms with Crippen LogP contribution in [-0.4, -0.2) is 35.9 Å². The van der Waals surface area contributed by atoms with E-state index in [0.29, 0.717) is 0 Å². The first-order valence-electron chi connectivity index (χ1n) is 8.56. The molecule has 0 bridgehead atoms. The Bertz CT molecular complexity index is 658. The van der Waals surface area contributed by atoms with E-state index in [0.717, 1.165) is 38.3 Å². The number of benzene rings is 1. The topological polar surface area (TPSA) is 54.2 Å². The van der Waals surface area contributed by atoms with Gasteiger partial charge in [0.05, 0.1) is 6.20 Å². The van der Waals surface area contributed by atoms with Gasteiger partial charge in [-0.15, -0.1) is 24.0 Å². The lowest BCUT2D eigenvalue weighted by atomic mass is 10.1. The third kappa shape index (κ3) is 7.90. The second kappa shape index (κ2) is 11.1. The molecule has 0 spiro atoms. The molecule has 1 aromatic carbocycles. The molecule has 0 radical (unpaired) electrons. The molecule has 5 nitrogen and oxygen atoms in total. The Balaban J connectivity index is 0.00000312. The second-order valence-electron chi connectivity index (χ2n) is 6.30. The van der Waals surface area contributed by atoms with Gasteiger partial charge in [-0.25, -0.2) is 0 Å². The van der Waals surface area contributed by atoms with Crippen LogP contribution in [0.4, 0.5) is 0 Å². The van der Waals surface area contributed by atoms with Crippen molar-refractivity contribution >= 4 is 29.9 Å². The molecule has 0 aliphatic rings. The number of aliphatic imine (C=N–C) groups is 1. The minimum Gasteiger partial charge on any atom is -0.356 e. The summed E-state index contributed by atoms with van der Waals surface area (Å²) in [5, 5.41) is 10.9. The normalized spacial score (nSPS) is 11.1. The average Bonchev–Trinajstić information content (AvgIpc) is 2.94. The van der Waals surface area contributed by atoms with Gasteiger partial charge in [-0.05, 0) is 44.2 Å². The van der Waals surface area contributed by atoms with Gasteiger partial charge in [0.15, 0.2) is 5.96 Å². The molecule has 0 saturated heterocycles. The van der Waals surface area contributed by atoms with Crippen molar-refractivity contribution in [3.63, 3.8) is 0 Å². The van der Waals surface area contributed by atoms with E-state index in [9.17, 15) is 0 Å². The van der Waals surface area contributed by atoms with Crippen molar-refractivity contribution in [2.45, 2.75) is 33.1 Å². The molecule has 0 aliphatic heterocycles. The lowest BCUT2D eigenvalue weighted by molar-refractivity contribution is 0.736. The SMILES string of the molecule is CN=C(NCCCc1cnn(C)c1)NCCc1cc(C)cc(C)c1.I. The summed E-state index contributed by atoms with van der Waals surface area (Å²) < 4.78 is 1.84. The first-order valence-corrected chi connectivity index (χ1v) is 8.56. The van der Waals surface area contributed by atoms with E-state index in [-0.39, 0.29) is 24.0 Å². The summed E-state index contributed by atoms with van der Waals surface area (Å²) >= 11 is 0. The molecule has 2 rings (SSSR count). The Kier molecular flexibility index (Phi) is 9.55. The van der Waals surface area contributed by atoms with Crippen molar-refractivity contribution in [2.24, 2.45) is 12.0 Å². The van der Waals surface area contributed by atoms with Crippen molar-refractivity contribution < 1.29 is 0 Å². The van der Waals surface area contributed by atoms with E-state index in [2.05, 4.69) is 59.0 Å². The highest BCUT2D eigenvalue weighted by molar-refractivity contribution is 14.0. The summed E-state index contributed by atoms with van der Waals surface area (Å²) in [5.74, 6) is 0.866. The number of nitrogens with one attached hydrogen (secondary N) is 2. The quantitative estimate of drug-likeness (QED) is 0.292. The van der Waals surface area contributed by atoms with Gasteiger partial charge in [0.2, 0.25) is 0 Å². The molecule has 25 heavy (non-hydrogen) atoms. The monoisotopic (exact) mass is 455 g/mol. The van der Waals surface area contributed by atoms with E-state index in [1.807, 2.05) is 25.0 Å². The fourth-order valence-electron chi connectivity index (χ4n) is 2.86. The minimum absolute atomic E-state index is 0. The number of hydrogen-bond acceptors (Lipinski definition) is 2. The maximum atomic E-state index is 4.28. The summed E-state index contributed by atoms with van der Waals surface area (Å²) in [6.45, 7) is 6.07. The molecule has 0 aliphatic carbocycles. The zero-order chi connectivity index (χ0) is 17.4. The van der Waals surface area contributed by atoms with Gasteiger partial charge in [-0.3, -0.25) is 9.67 Å². The zero-order valence-electron chi connectivity index (χ0n) is 15.7. The molecular formula is C19H30IN5. The molecule has 138 valence electrons. The number of rotatable bonds is 7. The summed E-state index contributed by atoms with van der Waals surface area (Å²) in [4.78, 5) is 4.28. The first kappa shape index (κ1) is 21.5. The Morgan fingerprint density at radius 3 is 2.32 bits per heavy atom.